The zero-order chi connectivity index (χ0) is 19.7. The summed E-state index contributed by atoms with van der Waals surface area (Å²) in [5.41, 5.74) is 0.974. The van der Waals surface area contributed by atoms with Crippen LogP contribution in [0.15, 0.2) is 54.9 Å². The predicted octanol–water partition coefficient (Wildman–Crippen LogP) is 4.66. The number of imidazole rings is 1. The number of nitrogens with zero attached hydrogens (tertiary/aromatic N) is 3. The molecule has 0 amide bonds. The molecule has 142 valence electrons. The van der Waals surface area contributed by atoms with Gasteiger partial charge < -0.3 is 15.4 Å². The molecule has 0 radical (unpaired) electrons. The molecule has 28 heavy (non-hydrogen) atoms. The average Bonchev–Trinajstić information content (AvgIpc) is 3.15. The van der Waals surface area contributed by atoms with E-state index in [0.717, 1.165) is 0 Å². The Hall–Kier alpha value is -2.38. The van der Waals surface area contributed by atoms with E-state index in [1.807, 2.05) is 0 Å². The number of aliphatic hydroxyl groups is 1. The lowest BCUT2D eigenvalue weighted by atomic mass is 9.86. The van der Waals surface area contributed by atoms with E-state index < -0.39 is 5.60 Å². The Balaban J connectivity index is 1.74. The minimum atomic E-state index is -1.38. The van der Waals surface area contributed by atoms with Crippen molar-refractivity contribution in [2.45, 2.75) is 5.60 Å². The van der Waals surface area contributed by atoms with E-state index in [1.165, 1.54) is 6.33 Å². The van der Waals surface area contributed by atoms with Crippen LogP contribution in [0, 0.1) is 0 Å². The molecule has 0 spiro atoms. The second-order valence-corrected chi connectivity index (χ2v) is 7.38. The van der Waals surface area contributed by atoms with Gasteiger partial charge in [0.25, 0.3) is 0 Å². The van der Waals surface area contributed by atoms with Crippen LogP contribution in [0.3, 0.4) is 0 Å². The molecule has 3 N–H and O–H groups in total. The molecule has 4 rings (SSSR count). The number of benzene rings is 2. The maximum Gasteiger partial charge on any atom is 0.226 e. The topological polar surface area (TPSA) is 86.7 Å². The molecule has 0 fully saturated rings. The summed E-state index contributed by atoms with van der Waals surface area (Å²) in [7, 11) is 0. The SMILES string of the molecule is OC(CNc1nc(Cl)nc2nc[nH]c12)(c1ccc(Cl)cc1)c1ccc(Cl)cc1. The van der Waals surface area contributed by atoms with Crippen LogP contribution in [-0.2, 0) is 5.60 Å². The van der Waals surface area contributed by atoms with Gasteiger partial charge in [0.1, 0.15) is 11.1 Å². The second kappa shape index (κ2) is 7.56. The van der Waals surface area contributed by atoms with E-state index in [1.54, 1.807) is 48.5 Å². The van der Waals surface area contributed by atoms with Crippen molar-refractivity contribution < 1.29 is 5.11 Å². The summed E-state index contributed by atoms with van der Waals surface area (Å²) >= 11 is 18.0. The summed E-state index contributed by atoms with van der Waals surface area (Å²) < 4.78 is 0. The van der Waals surface area contributed by atoms with Crippen molar-refractivity contribution in [1.82, 2.24) is 19.9 Å². The number of fused-ring (bicyclic) bond motifs is 1. The zero-order valence-electron chi connectivity index (χ0n) is 14.3. The van der Waals surface area contributed by atoms with Crippen LogP contribution in [0.4, 0.5) is 5.82 Å². The van der Waals surface area contributed by atoms with Gasteiger partial charge in [-0.15, -0.1) is 0 Å². The van der Waals surface area contributed by atoms with E-state index >= 15 is 0 Å². The highest BCUT2D eigenvalue weighted by Gasteiger charge is 2.32. The van der Waals surface area contributed by atoms with Gasteiger partial charge in [0.15, 0.2) is 11.5 Å². The summed E-state index contributed by atoms with van der Waals surface area (Å²) in [6.07, 6.45) is 1.51. The maximum absolute atomic E-state index is 11.6. The number of anilines is 1. The summed E-state index contributed by atoms with van der Waals surface area (Å²) in [5.74, 6) is 0.439. The van der Waals surface area contributed by atoms with E-state index in [-0.39, 0.29) is 11.8 Å². The monoisotopic (exact) mass is 433 g/mol. The first-order chi connectivity index (χ1) is 13.5. The van der Waals surface area contributed by atoms with Gasteiger partial charge in [0.2, 0.25) is 5.28 Å². The third-order valence-corrected chi connectivity index (χ3v) is 5.09. The molecule has 0 aliphatic rings. The molecule has 0 saturated heterocycles. The van der Waals surface area contributed by atoms with Gasteiger partial charge in [0.05, 0.1) is 12.9 Å². The lowest BCUT2D eigenvalue weighted by Gasteiger charge is -2.30. The Morgan fingerprint density at radius 3 is 2.04 bits per heavy atom. The Bertz CT molecular complexity index is 1070. The van der Waals surface area contributed by atoms with E-state index in [4.69, 9.17) is 34.8 Å². The minimum Gasteiger partial charge on any atom is -0.379 e. The van der Waals surface area contributed by atoms with Crippen molar-refractivity contribution in [3.8, 4) is 0 Å². The molecule has 0 aliphatic heterocycles. The van der Waals surface area contributed by atoms with Crippen molar-refractivity contribution in [3.05, 3.63) is 81.3 Å². The van der Waals surface area contributed by atoms with Gasteiger partial charge in [-0.25, -0.2) is 4.98 Å². The summed E-state index contributed by atoms with van der Waals surface area (Å²) in [6, 6.07) is 14.0. The number of nitrogens with one attached hydrogen (secondary N) is 2. The molecule has 9 heteroatoms. The van der Waals surface area contributed by atoms with E-state index in [0.29, 0.717) is 38.2 Å². The van der Waals surface area contributed by atoms with E-state index in [2.05, 4.69) is 25.3 Å². The third-order valence-electron chi connectivity index (χ3n) is 4.41. The van der Waals surface area contributed by atoms with Gasteiger partial charge in [0, 0.05) is 10.0 Å². The van der Waals surface area contributed by atoms with Crippen molar-refractivity contribution in [3.63, 3.8) is 0 Å². The number of H-pyrrole nitrogens is 1. The molecular formula is C19H14Cl3N5O. The van der Waals surface area contributed by atoms with Crippen LogP contribution in [0.5, 0.6) is 0 Å². The third kappa shape index (κ3) is 3.64. The first-order valence-corrected chi connectivity index (χ1v) is 9.44. The zero-order valence-corrected chi connectivity index (χ0v) is 16.6. The second-order valence-electron chi connectivity index (χ2n) is 6.17. The standard InChI is InChI=1S/C19H14Cl3N5O/c20-13-5-1-11(2-6-13)19(28,12-3-7-14(21)8-4-12)9-23-16-15-17(25-10-24-15)27-18(22)26-16/h1-8,10,28H,9H2,(H2,23,24,25,26,27). The summed E-state index contributed by atoms with van der Waals surface area (Å²) in [5, 5.41) is 16.0. The molecular weight excluding hydrogens is 421 g/mol. The average molecular weight is 435 g/mol. The number of hydrogen-bond acceptors (Lipinski definition) is 5. The highest BCUT2D eigenvalue weighted by molar-refractivity contribution is 6.30. The normalized spacial score (nSPS) is 11.7. The van der Waals surface area contributed by atoms with Crippen LogP contribution < -0.4 is 5.32 Å². The number of aromatic nitrogens is 4. The van der Waals surface area contributed by atoms with E-state index in [9.17, 15) is 5.11 Å². The molecule has 0 aliphatic carbocycles. The van der Waals surface area contributed by atoms with Crippen LogP contribution in [0.2, 0.25) is 15.3 Å². The Morgan fingerprint density at radius 2 is 1.46 bits per heavy atom. The van der Waals surface area contributed by atoms with Crippen molar-refractivity contribution in [2.24, 2.45) is 0 Å². The molecule has 2 heterocycles. The minimum absolute atomic E-state index is 0.0589. The van der Waals surface area contributed by atoms with Gasteiger partial charge in [-0.1, -0.05) is 47.5 Å². The highest BCUT2D eigenvalue weighted by atomic mass is 35.5. The molecule has 4 aromatic rings. The van der Waals surface area contributed by atoms with Crippen molar-refractivity contribution in [2.75, 3.05) is 11.9 Å². The van der Waals surface area contributed by atoms with Gasteiger partial charge in [-0.3, -0.25) is 0 Å². The Morgan fingerprint density at radius 1 is 0.893 bits per heavy atom. The van der Waals surface area contributed by atoms with Crippen LogP contribution >= 0.6 is 34.8 Å². The fourth-order valence-corrected chi connectivity index (χ4v) is 3.38. The number of rotatable bonds is 5. The van der Waals surface area contributed by atoms with Crippen LogP contribution in [0.25, 0.3) is 11.2 Å². The molecule has 2 aromatic heterocycles. The summed E-state index contributed by atoms with van der Waals surface area (Å²) in [6.45, 7) is 0.109. The van der Waals surface area contributed by atoms with Gasteiger partial charge >= 0.3 is 0 Å². The molecule has 0 unspecified atom stereocenters. The van der Waals surface area contributed by atoms with Crippen LogP contribution in [0.1, 0.15) is 11.1 Å². The maximum atomic E-state index is 11.6. The number of hydrogen-bond donors (Lipinski definition) is 3. The fraction of sp³-hybridized carbons (Fsp3) is 0.105. The van der Waals surface area contributed by atoms with Crippen molar-refractivity contribution >= 4 is 51.8 Å². The lowest BCUT2D eigenvalue weighted by molar-refractivity contribution is 0.0949. The Kier molecular flexibility index (Phi) is 5.12. The first kappa shape index (κ1) is 19.0. The smallest absolute Gasteiger partial charge is 0.226 e. The number of halogens is 3. The molecule has 0 atom stereocenters. The summed E-state index contributed by atoms with van der Waals surface area (Å²) in [4.78, 5) is 15.3. The molecule has 0 bridgehead atoms. The largest absolute Gasteiger partial charge is 0.379 e. The van der Waals surface area contributed by atoms with Crippen LogP contribution in [-0.4, -0.2) is 31.6 Å². The van der Waals surface area contributed by atoms with Gasteiger partial charge in [-0.2, -0.15) is 9.97 Å². The van der Waals surface area contributed by atoms with Crippen molar-refractivity contribution in [1.29, 1.82) is 0 Å². The molecule has 2 aromatic carbocycles. The van der Waals surface area contributed by atoms with Gasteiger partial charge in [-0.05, 0) is 47.0 Å². The molecule has 0 saturated carbocycles. The fourth-order valence-electron chi connectivity index (χ4n) is 2.97. The predicted molar refractivity (Wildman–Crippen MR) is 111 cm³/mol. The number of aromatic amines is 1. The quantitative estimate of drug-likeness (QED) is 0.398. The molecule has 6 nitrogen and oxygen atoms in total. The Labute approximate surface area is 175 Å². The first-order valence-electron chi connectivity index (χ1n) is 8.31. The highest BCUT2D eigenvalue weighted by Crippen LogP contribution is 2.32. The lowest BCUT2D eigenvalue weighted by Crippen LogP contribution is -2.35.